The van der Waals surface area contributed by atoms with E-state index in [0.717, 1.165) is 6.42 Å². The van der Waals surface area contributed by atoms with E-state index in [0.29, 0.717) is 0 Å². The molecule has 0 saturated carbocycles. The molecule has 0 aromatic carbocycles. The van der Waals surface area contributed by atoms with Gasteiger partial charge in [0.25, 0.3) is 0 Å². The molecular formula is C7H8F6P-. The van der Waals surface area contributed by atoms with Crippen LogP contribution in [0.2, 0.25) is 0 Å². The second-order valence-corrected chi connectivity index (χ2v) is 4.35. The fourth-order valence-electron chi connectivity index (χ4n) is 0.521. The second-order valence-electron chi connectivity index (χ2n) is 2.44. The summed E-state index contributed by atoms with van der Waals surface area (Å²) in [5.74, 6) is 0. The predicted octanol–water partition coefficient (Wildman–Crippen LogP) is 5.44. The average molecular weight is 237 g/mol. The van der Waals surface area contributed by atoms with Crippen molar-refractivity contribution in [2.24, 2.45) is 0 Å². The molecule has 0 heterocycles. The maximum absolute atomic E-state index is 10.7. The topological polar surface area (TPSA) is 0 Å². The third-order valence-corrected chi connectivity index (χ3v) is 0.878. The van der Waals surface area contributed by atoms with Gasteiger partial charge in [0, 0.05) is 0 Å². The Morgan fingerprint density at radius 3 is 1.21 bits per heavy atom. The second kappa shape index (κ2) is 3.42. The molecule has 7 heteroatoms. The maximum atomic E-state index is 9.87. The van der Waals surface area contributed by atoms with E-state index in [4.69, 9.17) is 0 Å². The van der Waals surface area contributed by atoms with Crippen LogP contribution in [0, 0.1) is 0 Å². The molecule has 84 valence electrons. The molecule has 0 N–H and O–H groups in total. The molecular weight excluding hydrogens is 229 g/mol. The zero-order valence-electron chi connectivity index (χ0n) is 6.89. The summed E-state index contributed by atoms with van der Waals surface area (Å²) in [6.45, 7) is 0. The molecule has 0 spiro atoms. The van der Waals surface area contributed by atoms with Crippen molar-refractivity contribution < 1.29 is 25.2 Å². The number of hydrogen-bond donors (Lipinski definition) is 0. The number of rotatable bonds is 0. The third-order valence-electron chi connectivity index (χ3n) is 0.878. The molecule has 0 unspecified atom stereocenters. The zero-order valence-corrected chi connectivity index (χ0v) is 7.78. The van der Waals surface area contributed by atoms with Gasteiger partial charge in [-0.05, 0) is 6.42 Å². The molecule has 0 radical (unpaired) electrons. The molecule has 0 atom stereocenters. The number of hydrogen-bond acceptors (Lipinski definition) is 0. The molecule has 0 aromatic heterocycles. The van der Waals surface area contributed by atoms with Crippen molar-refractivity contribution in [1.82, 2.24) is 0 Å². The summed E-state index contributed by atoms with van der Waals surface area (Å²) in [5, 5.41) is 0. The Hall–Kier alpha value is -0.770. The van der Waals surface area contributed by atoms with Crippen molar-refractivity contribution in [3.63, 3.8) is 0 Å². The normalized spacial score (nSPS) is 20.1. The summed E-state index contributed by atoms with van der Waals surface area (Å²) >= 11 is 0. The summed E-state index contributed by atoms with van der Waals surface area (Å²) in [5.41, 5.74) is 0. The van der Waals surface area contributed by atoms with Crippen LogP contribution in [-0.2, 0) is 0 Å². The van der Waals surface area contributed by atoms with Gasteiger partial charge in [-0.3, -0.25) is 0 Å². The number of allylic oxidation sites excluding steroid dienone is 6. The molecule has 0 fully saturated rings. The van der Waals surface area contributed by atoms with Gasteiger partial charge >= 0.3 is 33.0 Å². The van der Waals surface area contributed by atoms with Crippen molar-refractivity contribution in [2.75, 3.05) is 0 Å². The van der Waals surface area contributed by atoms with Crippen LogP contribution in [0.3, 0.4) is 0 Å². The molecule has 1 aliphatic rings. The zero-order chi connectivity index (χ0) is 11.4. The van der Waals surface area contributed by atoms with Crippen molar-refractivity contribution in [3.8, 4) is 0 Å². The van der Waals surface area contributed by atoms with Gasteiger partial charge in [-0.1, -0.05) is 36.5 Å². The van der Waals surface area contributed by atoms with Crippen LogP contribution in [0.5, 0.6) is 0 Å². The van der Waals surface area contributed by atoms with Gasteiger partial charge in [0.2, 0.25) is 0 Å². The van der Waals surface area contributed by atoms with E-state index in [1.165, 1.54) is 0 Å². The fourth-order valence-corrected chi connectivity index (χ4v) is 0.521. The third kappa shape index (κ3) is 30.3. The van der Waals surface area contributed by atoms with E-state index >= 15 is 0 Å². The minimum atomic E-state index is -10.7. The van der Waals surface area contributed by atoms with Crippen molar-refractivity contribution >= 4 is 7.81 Å². The van der Waals surface area contributed by atoms with Gasteiger partial charge in [0.05, 0.1) is 0 Å². The van der Waals surface area contributed by atoms with E-state index in [-0.39, 0.29) is 0 Å². The first-order valence-electron chi connectivity index (χ1n) is 3.50. The van der Waals surface area contributed by atoms with E-state index in [1.54, 1.807) is 0 Å². The first-order chi connectivity index (χ1) is 5.95. The molecule has 1 rings (SSSR count). The Balaban J connectivity index is 0.000000241. The van der Waals surface area contributed by atoms with Crippen LogP contribution in [-0.4, -0.2) is 0 Å². The summed E-state index contributed by atoms with van der Waals surface area (Å²) in [6, 6.07) is 0. The Labute approximate surface area is 76.8 Å². The van der Waals surface area contributed by atoms with Crippen molar-refractivity contribution in [3.05, 3.63) is 36.5 Å². The SMILES string of the molecule is C1=CC=CCC=C1.F[P-](F)(F)(F)(F)F. The average Bonchev–Trinajstić information content (AvgIpc) is 2.06. The van der Waals surface area contributed by atoms with Crippen LogP contribution < -0.4 is 0 Å². The minimum absolute atomic E-state index is 1.08. The van der Waals surface area contributed by atoms with Gasteiger partial charge in [-0.25, -0.2) is 0 Å². The summed E-state index contributed by atoms with van der Waals surface area (Å²) in [7, 11) is -10.7. The Morgan fingerprint density at radius 2 is 0.929 bits per heavy atom. The van der Waals surface area contributed by atoms with Crippen LogP contribution in [0.1, 0.15) is 6.42 Å². The molecule has 0 aromatic rings. The summed E-state index contributed by atoms with van der Waals surface area (Å²) in [6.07, 6.45) is 13.5. The first-order valence-corrected chi connectivity index (χ1v) is 5.53. The molecule has 0 nitrogen and oxygen atoms in total. The molecule has 1 aliphatic carbocycles. The molecule has 0 saturated heterocycles. The monoisotopic (exact) mass is 237 g/mol. The summed E-state index contributed by atoms with van der Waals surface area (Å²) < 4.78 is 59.2. The van der Waals surface area contributed by atoms with Crippen LogP contribution in [0.15, 0.2) is 36.5 Å². The van der Waals surface area contributed by atoms with E-state index in [2.05, 4.69) is 24.3 Å². The quantitative estimate of drug-likeness (QED) is 0.388. The van der Waals surface area contributed by atoms with Crippen LogP contribution in [0.4, 0.5) is 25.2 Å². The van der Waals surface area contributed by atoms with E-state index < -0.39 is 7.81 Å². The van der Waals surface area contributed by atoms with E-state index in [1.807, 2.05) is 12.2 Å². The Kier molecular flexibility index (Phi) is 3.23. The molecule has 0 amide bonds. The predicted molar refractivity (Wildman–Crippen MR) is 45.6 cm³/mol. The van der Waals surface area contributed by atoms with Gasteiger partial charge < -0.3 is 0 Å². The van der Waals surface area contributed by atoms with Crippen LogP contribution >= 0.6 is 7.81 Å². The van der Waals surface area contributed by atoms with Gasteiger partial charge in [-0.15, -0.1) is 0 Å². The summed E-state index contributed by atoms with van der Waals surface area (Å²) in [4.78, 5) is 0. The first kappa shape index (κ1) is 13.2. The van der Waals surface area contributed by atoms with E-state index in [9.17, 15) is 25.2 Å². The fraction of sp³-hybridized carbons (Fsp3) is 0.143. The van der Waals surface area contributed by atoms with Crippen molar-refractivity contribution in [1.29, 1.82) is 0 Å². The Bertz CT molecular complexity index is 241. The van der Waals surface area contributed by atoms with Gasteiger partial charge in [0.15, 0.2) is 0 Å². The van der Waals surface area contributed by atoms with Crippen molar-refractivity contribution in [2.45, 2.75) is 6.42 Å². The molecule has 0 aliphatic heterocycles. The number of halogens is 6. The molecule has 0 bridgehead atoms. The molecule has 14 heavy (non-hydrogen) atoms. The van der Waals surface area contributed by atoms with Gasteiger partial charge in [-0.2, -0.15) is 0 Å². The standard InChI is InChI=1S/C7H8.F6P/c1-2-4-6-7-5-3-1;1-7(2,3,4,5)6/h1-6H,7H2;/q;-1. The van der Waals surface area contributed by atoms with Crippen LogP contribution in [0.25, 0.3) is 0 Å². The Morgan fingerprint density at radius 1 is 0.643 bits per heavy atom. The van der Waals surface area contributed by atoms with Gasteiger partial charge in [0.1, 0.15) is 0 Å².